The van der Waals surface area contributed by atoms with Gasteiger partial charge >= 0.3 is 0 Å². The molecule has 2 N–H and O–H groups in total. The van der Waals surface area contributed by atoms with E-state index < -0.39 is 0 Å². The number of ether oxygens (including phenoxy) is 1. The number of nitrogens with zero attached hydrogens (tertiary/aromatic N) is 1. The van der Waals surface area contributed by atoms with E-state index in [2.05, 4.69) is 10.6 Å². The van der Waals surface area contributed by atoms with Gasteiger partial charge in [-0.2, -0.15) is 0 Å². The third-order valence-electron chi connectivity index (χ3n) is 4.21. The lowest BCUT2D eigenvalue weighted by Gasteiger charge is -2.16. The van der Waals surface area contributed by atoms with Gasteiger partial charge in [0.2, 0.25) is 0 Å². The number of carbonyl (C=O) groups excluding carboxylic acids is 1. The molecule has 0 unspecified atom stereocenters. The van der Waals surface area contributed by atoms with Crippen molar-refractivity contribution >= 4 is 34.6 Å². The lowest BCUT2D eigenvalue weighted by Crippen LogP contribution is -2.27. The third-order valence-corrected chi connectivity index (χ3v) is 4.41. The van der Waals surface area contributed by atoms with Crippen LogP contribution in [-0.4, -0.2) is 35.6 Å². The van der Waals surface area contributed by atoms with Crippen molar-refractivity contribution in [1.29, 1.82) is 0 Å². The first kappa shape index (κ1) is 18.2. The van der Waals surface area contributed by atoms with Crippen molar-refractivity contribution < 1.29 is 9.53 Å². The number of hydrogen-bond donors (Lipinski definition) is 2. The second kappa shape index (κ2) is 8.67. The summed E-state index contributed by atoms with van der Waals surface area (Å²) in [4.78, 5) is 14.3. The van der Waals surface area contributed by atoms with Crippen LogP contribution in [0.15, 0.2) is 48.5 Å². The summed E-state index contributed by atoms with van der Waals surface area (Å²) in [7, 11) is 0. The van der Waals surface area contributed by atoms with Gasteiger partial charge in [-0.15, -0.1) is 0 Å². The maximum Gasteiger partial charge on any atom is 0.253 e. The zero-order valence-electron chi connectivity index (χ0n) is 14.8. The van der Waals surface area contributed by atoms with Gasteiger partial charge in [0.15, 0.2) is 5.11 Å². The van der Waals surface area contributed by atoms with Crippen molar-refractivity contribution in [2.24, 2.45) is 0 Å². The van der Waals surface area contributed by atoms with Crippen LogP contribution in [0, 0.1) is 0 Å². The van der Waals surface area contributed by atoms with Gasteiger partial charge < -0.3 is 20.3 Å². The lowest BCUT2D eigenvalue weighted by atomic mass is 10.2. The number of carbonyl (C=O) groups is 1. The fraction of sp³-hybridized carbons (Fsp3) is 0.300. The van der Waals surface area contributed by atoms with E-state index in [0.717, 1.165) is 43.1 Å². The molecule has 1 aliphatic heterocycles. The minimum absolute atomic E-state index is 0.101. The zero-order valence-corrected chi connectivity index (χ0v) is 15.6. The molecule has 136 valence electrons. The molecule has 0 radical (unpaired) electrons. The van der Waals surface area contributed by atoms with E-state index in [4.69, 9.17) is 17.0 Å². The summed E-state index contributed by atoms with van der Waals surface area (Å²) in [6.45, 7) is 4.31. The molecule has 2 aromatic rings. The molecule has 0 aliphatic carbocycles. The summed E-state index contributed by atoms with van der Waals surface area (Å²) >= 11 is 5.35. The topological polar surface area (TPSA) is 53.6 Å². The SMILES string of the molecule is CCOc1ccc(NC(=S)Nc2ccc(C(=O)N3CCCC3)cc2)cc1. The van der Waals surface area contributed by atoms with E-state index in [1.165, 1.54) is 0 Å². The molecule has 0 bridgehead atoms. The van der Waals surface area contributed by atoms with Gasteiger partial charge in [-0.3, -0.25) is 4.79 Å². The van der Waals surface area contributed by atoms with E-state index in [1.54, 1.807) is 0 Å². The first-order chi connectivity index (χ1) is 12.7. The Hall–Kier alpha value is -2.60. The van der Waals surface area contributed by atoms with Gasteiger partial charge in [0, 0.05) is 30.0 Å². The maximum absolute atomic E-state index is 12.4. The van der Waals surface area contributed by atoms with Crippen molar-refractivity contribution in [3.05, 3.63) is 54.1 Å². The van der Waals surface area contributed by atoms with E-state index in [9.17, 15) is 4.79 Å². The van der Waals surface area contributed by atoms with Gasteiger partial charge in [0.05, 0.1) is 6.61 Å². The molecule has 1 fully saturated rings. The van der Waals surface area contributed by atoms with Crippen LogP contribution in [0.4, 0.5) is 11.4 Å². The summed E-state index contributed by atoms with van der Waals surface area (Å²) < 4.78 is 5.42. The first-order valence-corrected chi connectivity index (χ1v) is 9.27. The van der Waals surface area contributed by atoms with Gasteiger partial charge in [0.25, 0.3) is 5.91 Å². The van der Waals surface area contributed by atoms with Gasteiger partial charge in [-0.25, -0.2) is 0 Å². The largest absolute Gasteiger partial charge is 0.494 e. The standard InChI is InChI=1S/C20H23N3O2S/c1-2-25-18-11-9-17(10-12-18)22-20(26)21-16-7-5-15(6-8-16)19(24)23-13-3-4-14-23/h5-12H,2-4,13-14H2,1H3,(H2,21,22,26). The number of anilines is 2. The summed E-state index contributed by atoms with van der Waals surface area (Å²) in [5, 5.41) is 6.75. The Bertz CT molecular complexity index is 754. The highest BCUT2D eigenvalue weighted by atomic mass is 32.1. The molecule has 26 heavy (non-hydrogen) atoms. The van der Waals surface area contributed by atoms with Crippen LogP contribution in [0.1, 0.15) is 30.1 Å². The fourth-order valence-corrected chi connectivity index (χ4v) is 3.13. The average molecular weight is 369 g/mol. The fourth-order valence-electron chi connectivity index (χ4n) is 2.89. The molecule has 1 saturated heterocycles. The van der Waals surface area contributed by atoms with Crippen molar-refractivity contribution in [3.63, 3.8) is 0 Å². The second-order valence-electron chi connectivity index (χ2n) is 6.11. The van der Waals surface area contributed by atoms with Crippen LogP contribution >= 0.6 is 12.2 Å². The molecule has 0 saturated carbocycles. The Morgan fingerprint density at radius 1 is 1.00 bits per heavy atom. The Morgan fingerprint density at radius 3 is 2.08 bits per heavy atom. The van der Waals surface area contributed by atoms with Crippen LogP contribution in [0.25, 0.3) is 0 Å². The molecule has 0 atom stereocenters. The van der Waals surface area contributed by atoms with Crippen molar-refractivity contribution in [2.45, 2.75) is 19.8 Å². The number of amides is 1. The highest BCUT2D eigenvalue weighted by Crippen LogP contribution is 2.17. The van der Waals surface area contributed by atoms with Crippen LogP contribution < -0.4 is 15.4 Å². The van der Waals surface area contributed by atoms with Crippen LogP contribution in [0.2, 0.25) is 0 Å². The Labute approximate surface area is 159 Å². The Morgan fingerprint density at radius 2 is 1.54 bits per heavy atom. The monoisotopic (exact) mass is 369 g/mol. The smallest absolute Gasteiger partial charge is 0.253 e. The molecule has 2 aromatic carbocycles. The predicted molar refractivity (Wildman–Crippen MR) is 109 cm³/mol. The molecule has 0 spiro atoms. The van der Waals surface area contributed by atoms with E-state index in [-0.39, 0.29) is 5.91 Å². The average Bonchev–Trinajstić information content (AvgIpc) is 3.18. The number of benzene rings is 2. The number of nitrogens with one attached hydrogen (secondary N) is 2. The van der Waals surface area contributed by atoms with E-state index in [1.807, 2.05) is 60.4 Å². The van der Waals surface area contributed by atoms with Gasteiger partial charge in [-0.05, 0) is 80.5 Å². The number of hydrogen-bond acceptors (Lipinski definition) is 3. The van der Waals surface area contributed by atoms with Crippen molar-refractivity contribution in [3.8, 4) is 5.75 Å². The minimum atomic E-state index is 0.101. The van der Waals surface area contributed by atoms with Crippen LogP contribution in [0.3, 0.4) is 0 Å². The molecular weight excluding hydrogens is 346 g/mol. The molecule has 1 aliphatic rings. The normalized spacial score (nSPS) is 13.3. The predicted octanol–water partition coefficient (Wildman–Crippen LogP) is 4.13. The summed E-state index contributed by atoms with van der Waals surface area (Å²) in [6, 6.07) is 15.0. The molecule has 3 rings (SSSR count). The number of rotatable bonds is 5. The van der Waals surface area contributed by atoms with Crippen LogP contribution in [0.5, 0.6) is 5.75 Å². The highest BCUT2D eigenvalue weighted by Gasteiger charge is 2.19. The minimum Gasteiger partial charge on any atom is -0.494 e. The highest BCUT2D eigenvalue weighted by molar-refractivity contribution is 7.80. The summed E-state index contributed by atoms with van der Waals surface area (Å²) in [6.07, 6.45) is 2.19. The zero-order chi connectivity index (χ0) is 18.4. The molecule has 5 nitrogen and oxygen atoms in total. The molecule has 6 heteroatoms. The summed E-state index contributed by atoms with van der Waals surface area (Å²) in [5.41, 5.74) is 2.43. The van der Waals surface area contributed by atoms with Gasteiger partial charge in [0.1, 0.15) is 5.75 Å². The number of thiocarbonyl (C=S) groups is 1. The Kier molecular flexibility index (Phi) is 6.07. The first-order valence-electron chi connectivity index (χ1n) is 8.86. The Balaban J connectivity index is 1.54. The van der Waals surface area contributed by atoms with Gasteiger partial charge in [-0.1, -0.05) is 0 Å². The third kappa shape index (κ3) is 4.73. The molecule has 1 heterocycles. The molecule has 1 amide bonds. The van der Waals surface area contributed by atoms with Crippen molar-refractivity contribution in [1.82, 2.24) is 4.90 Å². The molecule has 0 aromatic heterocycles. The lowest BCUT2D eigenvalue weighted by molar-refractivity contribution is 0.0793. The number of likely N-dealkylation sites (tertiary alicyclic amines) is 1. The van der Waals surface area contributed by atoms with Crippen molar-refractivity contribution in [2.75, 3.05) is 30.3 Å². The molecular formula is C20H23N3O2S. The van der Waals surface area contributed by atoms with E-state index >= 15 is 0 Å². The quantitative estimate of drug-likeness (QED) is 0.776. The second-order valence-corrected chi connectivity index (χ2v) is 6.52. The van der Waals surface area contributed by atoms with E-state index in [0.29, 0.717) is 17.3 Å². The summed E-state index contributed by atoms with van der Waals surface area (Å²) in [5.74, 6) is 0.930. The maximum atomic E-state index is 12.4. The van der Waals surface area contributed by atoms with Crippen LogP contribution in [-0.2, 0) is 0 Å².